The average molecular weight is 1110 g/mol. The fourth-order valence-corrected chi connectivity index (χ4v) is 12.1. The number of amides is 2. The van der Waals surface area contributed by atoms with Gasteiger partial charge in [0.05, 0.1) is 59.4 Å². The third-order valence-electron chi connectivity index (χ3n) is 15.8. The van der Waals surface area contributed by atoms with E-state index < -0.39 is 30.1 Å². The molecule has 21 heteroatoms. The molecule has 1 aliphatic carbocycles. The molecule has 3 fully saturated rings. The van der Waals surface area contributed by atoms with Crippen LogP contribution in [0.15, 0.2) is 78.6 Å². The highest BCUT2D eigenvalue weighted by molar-refractivity contribution is 7.13. The monoisotopic (exact) mass is 1110 g/mol. The lowest BCUT2D eigenvalue weighted by Crippen LogP contribution is -2.50. The van der Waals surface area contributed by atoms with Crippen molar-refractivity contribution >= 4 is 50.8 Å². The van der Waals surface area contributed by atoms with Crippen LogP contribution in [0.25, 0.3) is 54.6 Å². The van der Waals surface area contributed by atoms with Crippen molar-refractivity contribution in [1.82, 2.24) is 55.7 Å². The van der Waals surface area contributed by atoms with Crippen LogP contribution >= 0.6 is 11.3 Å². The van der Waals surface area contributed by atoms with Gasteiger partial charge in [0, 0.05) is 80.2 Å². The van der Waals surface area contributed by atoms with Crippen LogP contribution in [0, 0.1) is 25.6 Å². The highest BCUT2D eigenvalue weighted by atomic mass is 32.1. The van der Waals surface area contributed by atoms with E-state index in [-0.39, 0.29) is 61.8 Å². The number of rotatable bonds is 21. The number of thiazole rings is 1. The average Bonchev–Trinajstić information content (AvgIpc) is 4.05. The number of β-amino-alcohol motifs (C(OH)–C–C–N with tert-alkyl or cyclic N) is 1. The quantitative estimate of drug-likeness (QED) is 0.0430. The predicted molar refractivity (Wildman–Crippen MR) is 303 cm³/mol. The molecule has 8 aromatic rings. The SMILES string of the molecule is COCCCOc1nc(N(C)[C@H]2CCNC2)c2cc(C3CC3)c(-c3c(C)c(F)cc4[nH]ncc34)c(OCc3ccc(-c4cn([C@H](C(=O)N5C[C@H](O)C[C@H]5C(=O)N[C@@H](CO)c5ccc(-c6scnc6C)cc5)C(C)C)nn4)cc3)c2n1. The van der Waals surface area contributed by atoms with Gasteiger partial charge in [-0.1, -0.05) is 67.6 Å². The molecule has 4 aromatic carbocycles. The second kappa shape index (κ2) is 23.3. The van der Waals surface area contributed by atoms with Crippen molar-refractivity contribution in [2.45, 2.75) is 103 Å². The van der Waals surface area contributed by atoms with E-state index in [9.17, 15) is 19.8 Å². The molecule has 11 rings (SSSR count). The number of likely N-dealkylation sites (tertiary alicyclic amines) is 1. The lowest BCUT2D eigenvalue weighted by atomic mass is 9.88. The van der Waals surface area contributed by atoms with Crippen molar-refractivity contribution in [2.24, 2.45) is 5.92 Å². The van der Waals surface area contributed by atoms with Crippen LogP contribution in [-0.4, -0.2) is 139 Å². The van der Waals surface area contributed by atoms with E-state index in [2.05, 4.69) is 54.1 Å². The standard InChI is InChI=1S/C59H67FN12O7S/c1-32(2)53(58(76)71-27-41(74)22-49(71)57(75)64-48(29-73)38-14-16-39(17-15-38)55-34(4)62-31-80-55)72-28-47(68-69-72)37-10-8-35(9-11-37)30-79-54-51(50-33(3)45(60)24-46-44(50)26-63-67-46)42(36-12-13-36)23-43-52(54)65-59(78-21-7-20-77-6)66-56(43)70(5)40-18-19-61-25-40/h8-11,14-17,23-24,26,28,31-32,36,40-41,48-49,53,61,73-74H,7,12-13,18-22,25,27,29-30H2,1-6H3,(H,63,67)(H,64,75)/t40-,41+,48-,49-,53-/m0/s1. The largest absolute Gasteiger partial charge is 0.486 e. The van der Waals surface area contributed by atoms with Crippen LogP contribution < -0.4 is 25.0 Å². The van der Waals surface area contributed by atoms with Gasteiger partial charge in [-0.05, 0) is 91.4 Å². The van der Waals surface area contributed by atoms with Gasteiger partial charge >= 0.3 is 6.01 Å². The third kappa shape index (κ3) is 11.0. The molecule has 418 valence electrons. The number of halogens is 1. The number of aliphatic hydroxyl groups excluding tert-OH is 2. The molecule has 0 radical (unpaired) electrons. The number of benzene rings is 4. The van der Waals surface area contributed by atoms with Crippen LogP contribution in [0.3, 0.4) is 0 Å². The van der Waals surface area contributed by atoms with E-state index in [1.54, 1.807) is 43.3 Å². The minimum atomic E-state index is -0.980. The lowest BCUT2D eigenvalue weighted by molar-refractivity contribution is -0.142. The van der Waals surface area contributed by atoms with Gasteiger partial charge in [-0.15, -0.1) is 16.4 Å². The first-order chi connectivity index (χ1) is 38.8. The van der Waals surface area contributed by atoms with Crippen molar-refractivity contribution < 1.29 is 38.4 Å². The number of nitrogens with zero attached hydrogens (tertiary/aromatic N) is 9. The molecular formula is C59H67FN12O7S. The fraction of sp³-hybridized carbons (Fsp3) is 0.424. The topological polar surface area (TPSA) is 231 Å². The number of hydrogen-bond donors (Lipinski definition) is 5. The van der Waals surface area contributed by atoms with E-state index in [1.165, 1.54) is 15.6 Å². The summed E-state index contributed by atoms with van der Waals surface area (Å²) < 4.78 is 36.3. The van der Waals surface area contributed by atoms with E-state index in [0.29, 0.717) is 58.8 Å². The van der Waals surface area contributed by atoms with Gasteiger partial charge in [-0.3, -0.25) is 14.7 Å². The zero-order valence-electron chi connectivity index (χ0n) is 45.8. The number of methoxy groups -OCH3 is 1. The molecule has 19 nitrogen and oxygen atoms in total. The van der Waals surface area contributed by atoms with Crippen LogP contribution in [0.5, 0.6) is 11.8 Å². The summed E-state index contributed by atoms with van der Waals surface area (Å²) in [6, 6.07) is 16.8. The number of carbonyl (C=O) groups excluding carboxylic acids is 2. The first-order valence-electron chi connectivity index (χ1n) is 27.4. The van der Waals surface area contributed by atoms with Crippen molar-refractivity contribution in [3.05, 3.63) is 112 Å². The molecule has 80 heavy (non-hydrogen) atoms. The van der Waals surface area contributed by atoms with Gasteiger partial charge in [0.25, 0.3) is 0 Å². The smallest absolute Gasteiger partial charge is 0.319 e. The zero-order valence-corrected chi connectivity index (χ0v) is 46.6. The van der Waals surface area contributed by atoms with Crippen molar-refractivity contribution in [1.29, 1.82) is 0 Å². The molecule has 5 N–H and O–H groups in total. The maximum atomic E-state index is 16.1. The molecule has 6 heterocycles. The Morgan fingerprint density at radius 1 is 0.988 bits per heavy atom. The molecule has 2 saturated heterocycles. The summed E-state index contributed by atoms with van der Waals surface area (Å²) in [5.41, 5.74) is 10.6. The molecule has 2 aliphatic heterocycles. The molecule has 2 amide bonds. The Labute approximate surface area is 466 Å². The van der Waals surface area contributed by atoms with Gasteiger partial charge in [0.2, 0.25) is 11.8 Å². The van der Waals surface area contributed by atoms with Gasteiger partial charge in [0.15, 0.2) is 5.75 Å². The summed E-state index contributed by atoms with van der Waals surface area (Å²) in [7, 11) is 3.71. The molecule has 0 spiro atoms. The molecule has 4 aromatic heterocycles. The molecule has 0 unspecified atom stereocenters. The third-order valence-corrected chi connectivity index (χ3v) is 16.8. The van der Waals surface area contributed by atoms with E-state index in [0.717, 1.165) is 87.3 Å². The van der Waals surface area contributed by atoms with Gasteiger partial charge < -0.3 is 44.9 Å². The number of carbonyl (C=O) groups is 2. The highest BCUT2D eigenvalue weighted by Gasteiger charge is 2.43. The summed E-state index contributed by atoms with van der Waals surface area (Å²) in [6.45, 7) is 9.81. The van der Waals surface area contributed by atoms with Gasteiger partial charge in [-0.25, -0.2) is 14.1 Å². The van der Waals surface area contributed by atoms with Crippen LogP contribution in [0.1, 0.15) is 91.9 Å². The Morgan fingerprint density at radius 2 is 1.77 bits per heavy atom. The Kier molecular flexibility index (Phi) is 15.9. The van der Waals surface area contributed by atoms with E-state index in [4.69, 9.17) is 24.2 Å². The number of aromatic amines is 1. The zero-order chi connectivity index (χ0) is 55.8. The molecule has 5 atom stereocenters. The normalized spacial score (nSPS) is 18.1. The summed E-state index contributed by atoms with van der Waals surface area (Å²) in [5, 5.41) is 45.6. The minimum Gasteiger partial charge on any atom is -0.486 e. The van der Waals surface area contributed by atoms with Gasteiger partial charge in [-0.2, -0.15) is 15.1 Å². The van der Waals surface area contributed by atoms with Crippen LogP contribution in [-0.2, 0) is 20.9 Å². The van der Waals surface area contributed by atoms with Crippen LogP contribution in [0.2, 0.25) is 0 Å². The Morgan fingerprint density at radius 3 is 2.48 bits per heavy atom. The second-order valence-electron chi connectivity index (χ2n) is 21.6. The summed E-state index contributed by atoms with van der Waals surface area (Å²) >= 11 is 1.54. The van der Waals surface area contributed by atoms with Gasteiger partial charge in [0.1, 0.15) is 41.5 Å². The van der Waals surface area contributed by atoms with E-state index in [1.807, 2.05) is 69.3 Å². The molecule has 1 saturated carbocycles. The number of ether oxygens (including phenoxy) is 3. The Bertz CT molecular complexity index is 3520. The number of aromatic nitrogens is 8. The first-order valence-corrected chi connectivity index (χ1v) is 28.3. The molecular weight excluding hydrogens is 1040 g/mol. The number of likely N-dealkylation sites (N-methyl/N-ethyl adjacent to an activating group) is 1. The van der Waals surface area contributed by atoms with Crippen molar-refractivity contribution in [2.75, 3.05) is 58.5 Å². The number of H-pyrrole nitrogens is 1. The van der Waals surface area contributed by atoms with Crippen molar-refractivity contribution in [3.63, 3.8) is 0 Å². The first kappa shape index (κ1) is 54.5. The lowest BCUT2D eigenvalue weighted by Gasteiger charge is -2.30. The second-order valence-corrected chi connectivity index (χ2v) is 22.5. The number of aliphatic hydroxyl groups is 2. The van der Waals surface area contributed by atoms with Crippen LogP contribution in [0.4, 0.5) is 10.2 Å². The summed E-state index contributed by atoms with van der Waals surface area (Å²) in [5.74, 6) is -0.0715. The Balaban J connectivity index is 0.869. The summed E-state index contributed by atoms with van der Waals surface area (Å²) in [6.07, 6.45) is 6.09. The van der Waals surface area contributed by atoms with Crippen molar-refractivity contribution in [3.8, 4) is 44.6 Å². The van der Waals surface area contributed by atoms with E-state index >= 15 is 4.39 Å². The highest BCUT2D eigenvalue weighted by Crippen LogP contribution is 2.53. The number of anilines is 1. The maximum absolute atomic E-state index is 16.1. The predicted octanol–water partition coefficient (Wildman–Crippen LogP) is 7.99. The fourth-order valence-electron chi connectivity index (χ4n) is 11.3. The molecule has 0 bridgehead atoms. The number of fused-ring (bicyclic) bond motifs is 2. The number of aryl methyl sites for hydroxylation is 1. The Hall–Kier alpha value is -7.43. The number of nitrogens with one attached hydrogen (secondary N) is 3. The maximum Gasteiger partial charge on any atom is 0.319 e. The minimum absolute atomic E-state index is 0.0389. The number of hydrogen-bond acceptors (Lipinski definition) is 16. The summed E-state index contributed by atoms with van der Waals surface area (Å²) in [4.78, 5) is 47.8. The molecule has 3 aliphatic rings.